The highest BCUT2D eigenvalue weighted by Gasteiger charge is 2.44. The molecule has 0 saturated heterocycles. The molecule has 1 aliphatic heterocycles. The van der Waals surface area contributed by atoms with Crippen LogP contribution in [0.2, 0.25) is 0 Å². The molecule has 2 aromatic rings. The van der Waals surface area contributed by atoms with Crippen LogP contribution in [0.3, 0.4) is 0 Å². The standard InChI is InChI=1S/C22H24O8/c1-10-6-11-7-13(23)17(26-3)19(27-4)15(11)16-12(21(24)22(10,2)25)8-14-18(20(16)28-5)30-9-29-14/h7-8,10,23,25H,6,9H2,1-5H3. The molecule has 2 unspecified atom stereocenters. The van der Waals surface area contributed by atoms with Crippen LogP contribution in [0.1, 0.15) is 29.8 Å². The second-order valence-electron chi connectivity index (χ2n) is 7.64. The van der Waals surface area contributed by atoms with E-state index in [0.717, 1.165) is 0 Å². The molecule has 8 nitrogen and oxygen atoms in total. The van der Waals surface area contributed by atoms with Gasteiger partial charge < -0.3 is 33.9 Å². The number of methoxy groups -OCH3 is 3. The third kappa shape index (κ3) is 2.67. The third-order valence-corrected chi connectivity index (χ3v) is 5.97. The van der Waals surface area contributed by atoms with E-state index in [1.54, 1.807) is 19.1 Å². The van der Waals surface area contributed by atoms with Crippen LogP contribution in [0.5, 0.6) is 34.5 Å². The van der Waals surface area contributed by atoms with Crippen molar-refractivity contribution in [3.05, 3.63) is 23.3 Å². The van der Waals surface area contributed by atoms with E-state index < -0.39 is 17.3 Å². The molecule has 2 atom stereocenters. The molecule has 0 saturated carbocycles. The molecular formula is C22H24O8. The molecule has 160 valence electrons. The topological polar surface area (TPSA) is 104 Å². The van der Waals surface area contributed by atoms with Gasteiger partial charge in [0, 0.05) is 16.7 Å². The van der Waals surface area contributed by atoms with Gasteiger partial charge in [-0.25, -0.2) is 0 Å². The van der Waals surface area contributed by atoms with Gasteiger partial charge in [0.1, 0.15) is 5.60 Å². The van der Waals surface area contributed by atoms with Crippen LogP contribution in [0, 0.1) is 5.92 Å². The molecule has 2 aliphatic rings. The minimum Gasteiger partial charge on any atom is -0.504 e. The maximum Gasteiger partial charge on any atom is 0.231 e. The van der Waals surface area contributed by atoms with Crippen LogP contribution in [0.4, 0.5) is 0 Å². The zero-order valence-electron chi connectivity index (χ0n) is 17.5. The fourth-order valence-electron chi connectivity index (χ4n) is 4.16. The predicted octanol–water partition coefficient (Wildman–Crippen LogP) is 2.94. The summed E-state index contributed by atoms with van der Waals surface area (Å²) in [6.45, 7) is 3.26. The molecule has 0 spiro atoms. The first-order valence-electron chi connectivity index (χ1n) is 9.51. The van der Waals surface area contributed by atoms with Crippen LogP contribution in [-0.4, -0.2) is 49.7 Å². The van der Waals surface area contributed by atoms with Gasteiger partial charge in [0.2, 0.25) is 18.3 Å². The van der Waals surface area contributed by atoms with Gasteiger partial charge in [-0.2, -0.15) is 0 Å². The monoisotopic (exact) mass is 416 g/mol. The molecule has 2 N–H and O–H groups in total. The average Bonchev–Trinajstić information content (AvgIpc) is 3.19. The summed E-state index contributed by atoms with van der Waals surface area (Å²) in [6, 6.07) is 3.12. The van der Waals surface area contributed by atoms with Crippen molar-refractivity contribution >= 4 is 5.78 Å². The molecule has 0 fully saturated rings. The Morgan fingerprint density at radius 3 is 2.33 bits per heavy atom. The average molecular weight is 416 g/mol. The lowest BCUT2D eigenvalue weighted by Gasteiger charge is -2.34. The first kappa shape index (κ1) is 20.2. The number of aliphatic hydroxyl groups is 1. The fraction of sp³-hybridized carbons (Fsp3) is 0.409. The van der Waals surface area contributed by atoms with E-state index in [2.05, 4.69) is 0 Å². The van der Waals surface area contributed by atoms with Crippen LogP contribution in [0.15, 0.2) is 12.1 Å². The summed E-state index contributed by atoms with van der Waals surface area (Å²) in [6.07, 6.45) is 0.305. The van der Waals surface area contributed by atoms with Gasteiger partial charge in [-0.3, -0.25) is 4.79 Å². The number of hydrogen-bond acceptors (Lipinski definition) is 8. The van der Waals surface area contributed by atoms with Crippen molar-refractivity contribution in [3.8, 4) is 45.6 Å². The molecule has 0 radical (unpaired) electrons. The van der Waals surface area contributed by atoms with E-state index in [-0.39, 0.29) is 35.4 Å². The quantitative estimate of drug-likeness (QED) is 0.787. The van der Waals surface area contributed by atoms with Crippen LogP contribution >= 0.6 is 0 Å². The predicted molar refractivity (Wildman–Crippen MR) is 107 cm³/mol. The van der Waals surface area contributed by atoms with E-state index in [0.29, 0.717) is 34.6 Å². The lowest BCUT2D eigenvalue weighted by Crippen LogP contribution is -2.43. The van der Waals surface area contributed by atoms with Gasteiger partial charge in [0.15, 0.2) is 28.8 Å². The molecule has 4 rings (SSSR count). The molecular weight excluding hydrogens is 392 g/mol. The summed E-state index contributed by atoms with van der Waals surface area (Å²) in [7, 11) is 4.34. The normalized spacial score (nSPS) is 21.9. The number of ether oxygens (including phenoxy) is 5. The minimum atomic E-state index is -1.66. The second kappa shape index (κ2) is 6.98. The Kier molecular flexibility index (Phi) is 4.69. The third-order valence-electron chi connectivity index (χ3n) is 5.97. The van der Waals surface area contributed by atoms with Crippen LogP contribution in [0.25, 0.3) is 11.1 Å². The first-order valence-corrected chi connectivity index (χ1v) is 9.51. The summed E-state index contributed by atoms with van der Waals surface area (Å²) < 4.78 is 27.7. The maximum absolute atomic E-state index is 13.5. The SMILES string of the molecule is COc1c(O)cc2c(c1OC)-c1c(cc3c(c1OC)OCO3)C(=O)C(C)(O)C(C)C2. The summed E-state index contributed by atoms with van der Waals surface area (Å²) >= 11 is 0. The minimum absolute atomic E-state index is 0.0154. The van der Waals surface area contributed by atoms with Gasteiger partial charge in [-0.15, -0.1) is 0 Å². The molecule has 2 aromatic carbocycles. The Morgan fingerprint density at radius 2 is 1.70 bits per heavy atom. The highest BCUT2D eigenvalue weighted by atomic mass is 16.7. The Morgan fingerprint density at radius 1 is 1.03 bits per heavy atom. The number of carbonyl (C=O) groups excluding carboxylic acids is 1. The molecule has 30 heavy (non-hydrogen) atoms. The molecule has 8 heteroatoms. The zero-order valence-corrected chi connectivity index (χ0v) is 17.5. The molecule has 0 aromatic heterocycles. The van der Waals surface area contributed by atoms with Crippen molar-refractivity contribution in [2.45, 2.75) is 25.9 Å². The van der Waals surface area contributed by atoms with Crippen molar-refractivity contribution in [2.24, 2.45) is 5.92 Å². The van der Waals surface area contributed by atoms with Gasteiger partial charge in [0.25, 0.3) is 0 Å². The van der Waals surface area contributed by atoms with Gasteiger partial charge in [-0.05, 0) is 37.0 Å². The Hall–Kier alpha value is -3.13. The van der Waals surface area contributed by atoms with Crippen molar-refractivity contribution in [1.29, 1.82) is 0 Å². The van der Waals surface area contributed by atoms with E-state index in [9.17, 15) is 15.0 Å². The largest absolute Gasteiger partial charge is 0.504 e. The summed E-state index contributed by atoms with van der Waals surface area (Å²) in [4.78, 5) is 13.5. The first-order chi connectivity index (χ1) is 14.3. The van der Waals surface area contributed by atoms with Crippen molar-refractivity contribution in [3.63, 3.8) is 0 Å². The van der Waals surface area contributed by atoms with E-state index in [1.807, 2.05) is 0 Å². The summed E-state index contributed by atoms with van der Waals surface area (Å²) in [5.74, 6) is 0.361. The molecule has 0 bridgehead atoms. The number of fused-ring (bicyclic) bond motifs is 4. The fourth-order valence-corrected chi connectivity index (χ4v) is 4.16. The number of rotatable bonds is 3. The number of ketones is 1. The summed E-state index contributed by atoms with van der Waals surface area (Å²) in [5, 5.41) is 21.6. The van der Waals surface area contributed by atoms with Crippen LogP contribution < -0.4 is 23.7 Å². The lowest BCUT2D eigenvalue weighted by molar-refractivity contribution is 0.0129. The molecule has 1 heterocycles. The number of aromatic hydroxyl groups is 1. The summed E-state index contributed by atoms with van der Waals surface area (Å²) in [5.41, 5.74) is 0.148. The smallest absolute Gasteiger partial charge is 0.231 e. The number of benzene rings is 2. The number of hydrogen-bond donors (Lipinski definition) is 2. The Bertz CT molecular complexity index is 1040. The van der Waals surface area contributed by atoms with Crippen LogP contribution in [-0.2, 0) is 6.42 Å². The van der Waals surface area contributed by atoms with Crippen molar-refractivity contribution in [1.82, 2.24) is 0 Å². The number of phenols is 1. The molecule has 0 amide bonds. The number of Topliss-reactive ketones (excluding diaryl/α,β-unsaturated/α-hetero) is 1. The van der Waals surface area contributed by atoms with Crippen molar-refractivity contribution < 1.29 is 38.7 Å². The second-order valence-corrected chi connectivity index (χ2v) is 7.64. The Labute approximate surface area is 173 Å². The van der Waals surface area contributed by atoms with Gasteiger partial charge >= 0.3 is 0 Å². The lowest BCUT2D eigenvalue weighted by atomic mass is 9.74. The Balaban J connectivity index is 2.20. The maximum atomic E-state index is 13.5. The zero-order chi connectivity index (χ0) is 21.8. The highest BCUT2D eigenvalue weighted by molar-refractivity contribution is 6.11. The number of phenolic OH excluding ortho intramolecular Hbond substituents is 1. The highest BCUT2D eigenvalue weighted by Crippen LogP contribution is 2.56. The van der Waals surface area contributed by atoms with E-state index in [1.165, 1.54) is 28.3 Å². The van der Waals surface area contributed by atoms with Gasteiger partial charge in [-0.1, -0.05) is 6.92 Å². The van der Waals surface area contributed by atoms with Gasteiger partial charge in [0.05, 0.1) is 21.3 Å². The van der Waals surface area contributed by atoms with E-state index in [4.69, 9.17) is 23.7 Å². The molecule has 1 aliphatic carbocycles. The van der Waals surface area contributed by atoms with E-state index >= 15 is 0 Å². The van der Waals surface area contributed by atoms with Crippen molar-refractivity contribution in [2.75, 3.05) is 28.1 Å². The number of carbonyl (C=O) groups is 1.